The molecule has 3 aromatic rings. The van der Waals surface area contributed by atoms with Crippen molar-refractivity contribution < 1.29 is 19.2 Å². The zero-order chi connectivity index (χ0) is 25.7. The van der Waals surface area contributed by atoms with Gasteiger partial charge in [-0.2, -0.15) is 0 Å². The van der Waals surface area contributed by atoms with E-state index in [0.29, 0.717) is 29.4 Å². The lowest BCUT2D eigenvalue weighted by atomic mass is 10.1. The van der Waals surface area contributed by atoms with Crippen molar-refractivity contribution in [3.63, 3.8) is 0 Å². The van der Waals surface area contributed by atoms with Crippen LogP contribution in [0.2, 0.25) is 5.02 Å². The first-order valence-electron chi connectivity index (χ1n) is 11.6. The van der Waals surface area contributed by atoms with Gasteiger partial charge in [-0.3, -0.25) is 19.2 Å². The average Bonchev–Trinajstić information content (AvgIpc) is 3.15. The Morgan fingerprint density at radius 1 is 0.944 bits per heavy atom. The first-order chi connectivity index (χ1) is 17.3. The molecule has 1 saturated heterocycles. The van der Waals surface area contributed by atoms with Crippen molar-refractivity contribution in [2.24, 2.45) is 0 Å². The Morgan fingerprint density at radius 2 is 1.61 bits per heavy atom. The summed E-state index contributed by atoms with van der Waals surface area (Å²) in [5.74, 6) is -1.27. The minimum absolute atomic E-state index is 0.0899. The highest BCUT2D eigenvalue weighted by molar-refractivity contribution is 6.30. The third-order valence-corrected chi connectivity index (χ3v) is 6.27. The van der Waals surface area contributed by atoms with Crippen molar-refractivity contribution in [2.45, 2.75) is 32.2 Å². The quantitative estimate of drug-likeness (QED) is 0.466. The monoisotopic (exact) mass is 503 g/mol. The van der Waals surface area contributed by atoms with Crippen molar-refractivity contribution >= 4 is 46.6 Å². The van der Waals surface area contributed by atoms with Crippen LogP contribution in [0.25, 0.3) is 0 Å². The molecule has 0 aromatic heterocycles. The summed E-state index contributed by atoms with van der Waals surface area (Å²) in [5.41, 5.74) is 2.76. The van der Waals surface area contributed by atoms with Crippen molar-refractivity contribution in [1.29, 1.82) is 0 Å². The summed E-state index contributed by atoms with van der Waals surface area (Å²) in [6, 6.07) is 22.3. The molecule has 3 aromatic carbocycles. The molecular formula is C28H26ClN3O4. The predicted octanol–water partition coefficient (Wildman–Crippen LogP) is 4.24. The number of halogens is 1. The van der Waals surface area contributed by atoms with Crippen LogP contribution < -0.4 is 10.2 Å². The summed E-state index contributed by atoms with van der Waals surface area (Å²) in [4.78, 5) is 53.7. The van der Waals surface area contributed by atoms with Crippen LogP contribution in [0.5, 0.6) is 0 Å². The smallest absolute Gasteiger partial charge is 0.257 e. The van der Waals surface area contributed by atoms with Crippen LogP contribution in [0, 0.1) is 0 Å². The Kier molecular flexibility index (Phi) is 7.80. The van der Waals surface area contributed by atoms with Crippen LogP contribution in [0.1, 0.15) is 24.5 Å². The number of rotatable bonds is 8. The van der Waals surface area contributed by atoms with Gasteiger partial charge in [0.15, 0.2) is 0 Å². The summed E-state index contributed by atoms with van der Waals surface area (Å²) < 4.78 is 0. The zero-order valence-corrected chi connectivity index (χ0v) is 20.6. The van der Waals surface area contributed by atoms with Gasteiger partial charge in [0.1, 0.15) is 6.04 Å². The molecule has 1 atom stereocenters. The minimum Gasteiger partial charge on any atom is -0.329 e. The summed E-state index contributed by atoms with van der Waals surface area (Å²) in [7, 11) is 0. The first kappa shape index (κ1) is 25.1. The van der Waals surface area contributed by atoms with Gasteiger partial charge in [0, 0.05) is 24.2 Å². The molecule has 1 aliphatic heterocycles. The van der Waals surface area contributed by atoms with Gasteiger partial charge in [-0.15, -0.1) is 0 Å². The summed E-state index contributed by atoms with van der Waals surface area (Å²) >= 11 is 5.97. The maximum atomic E-state index is 13.5. The fourth-order valence-corrected chi connectivity index (χ4v) is 4.38. The Hall–Kier alpha value is -3.97. The number of hydrogen-bond acceptors (Lipinski definition) is 4. The maximum Gasteiger partial charge on any atom is 0.257 e. The van der Waals surface area contributed by atoms with E-state index < -0.39 is 11.9 Å². The molecule has 1 heterocycles. The second-order valence-corrected chi connectivity index (χ2v) is 9.08. The van der Waals surface area contributed by atoms with Gasteiger partial charge < -0.3 is 10.2 Å². The molecule has 0 bridgehead atoms. The van der Waals surface area contributed by atoms with E-state index in [2.05, 4.69) is 5.32 Å². The minimum atomic E-state index is -0.893. The number of imide groups is 1. The van der Waals surface area contributed by atoms with Crippen molar-refractivity contribution in [1.82, 2.24) is 4.90 Å². The number of nitrogens with one attached hydrogen (secondary N) is 1. The van der Waals surface area contributed by atoms with Crippen LogP contribution >= 0.6 is 11.6 Å². The number of anilines is 2. The highest BCUT2D eigenvalue weighted by atomic mass is 35.5. The van der Waals surface area contributed by atoms with Crippen LogP contribution in [0.15, 0.2) is 78.9 Å². The second kappa shape index (κ2) is 11.2. The largest absolute Gasteiger partial charge is 0.329 e. The van der Waals surface area contributed by atoms with Gasteiger partial charge in [-0.25, -0.2) is 4.90 Å². The van der Waals surface area contributed by atoms with Gasteiger partial charge in [-0.1, -0.05) is 54.1 Å². The number of nitrogens with zero attached hydrogens (tertiary/aromatic N) is 2. The molecule has 8 heteroatoms. The Bertz CT molecular complexity index is 1260. The van der Waals surface area contributed by atoms with E-state index in [0.717, 1.165) is 16.0 Å². The molecule has 36 heavy (non-hydrogen) atoms. The standard InChI is InChI=1S/C28H26ClN3O4/c1-19(33)30-23-11-13-24(14-12-23)32-27(35)18-25(28(32)36)31(16-15-20-5-3-2-4-6-20)26(34)17-21-7-9-22(29)10-8-21/h2-14,25H,15-18H2,1H3,(H,30,33). The molecule has 0 spiro atoms. The van der Waals surface area contributed by atoms with E-state index in [4.69, 9.17) is 11.6 Å². The van der Waals surface area contributed by atoms with Crippen molar-refractivity contribution in [2.75, 3.05) is 16.8 Å². The molecule has 1 unspecified atom stereocenters. The average molecular weight is 504 g/mol. The molecule has 184 valence electrons. The molecule has 0 saturated carbocycles. The number of amides is 4. The molecular weight excluding hydrogens is 478 g/mol. The lowest BCUT2D eigenvalue weighted by Gasteiger charge is -2.28. The molecule has 0 radical (unpaired) electrons. The van der Waals surface area contributed by atoms with Gasteiger partial charge in [0.25, 0.3) is 5.91 Å². The second-order valence-electron chi connectivity index (χ2n) is 8.64. The van der Waals surface area contributed by atoms with Gasteiger partial charge in [-0.05, 0) is 53.9 Å². The lowest BCUT2D eigenvalue weighted by Crippen LogP contribution is -2.47. The van der Waals surface area contributed by atoms with Gasteiger partial charge in [0.05, 0.1) is 18.5 Å². The Morgan fingerprint density at radius 3 is 2.25 bits per heavy atom. The fraction of sp³-hybridized carbons (Fsp3) is 0.214. The van der Waals surface area contributed by atoms with E-state index >= 15 is 0 Å². The topological polar surface area (TPSA) is 86.8 Å². The summed E-state index contributed by atoms with van der Waals surface area (Å²) in [6.07, 6.45) is 0.555. The van der Waals surface area contributed by atoms with E-state index in [-0.39, 0.29) is 30.6 Å². The van der Waals surface area contributed by atoms with Crippen LogP contribution in [-0.4, -0.2) is 41.1 Å². The molecule has 4 amide bonds. The van der Waals surface area contributed by atoms with Crippen LogP contribution in [0.3, 0.4) is 0 Å². The van der Waals surface area contributed by atoms with Crippen LogP contribution in [0.4, 0.5) is 11.4 Å². The molecule has 7 nitrogen and oxygen atoms in total. The molecule has 0 aliphatic carbocycles. The van der Waals surface area contributed by atoms with Gasteiger partial charge >= 0.3 is 0 Å². The molecule has 1 N–H and O–H groups in total. The number of hydrogen-bond donors (Lipinski definition) is 1. The maximum absolute atomic E-state index is 13.5. The third-order valence-electron chi connectivity index (χ3n) is 6.02. The number of carbonyl (C=O) groups excluding carboxylic acids is 4. The highest BCUT2D eigenvalue weighted by Crippen LogP contribution is 2.28. The van der Waals surface area contributed by atoms with Crippen LogP contribution in [-0.2, 0) is 32.0 Å². The first-order valence-corrected chi connectivity index (χ1v) is 12.0. The predicted molar refractivity (Wildman–Crippen MR) is 139 cm³/mol. The SMILES string of the molecule is CC(=O)Nc1ccc(N2C(=O)CC(N(CCc3ccccc3)C(=O)Cc3ccc(Cl)cc3)C2=O)cc1. The third kappa shape index (κ3) is 5.98. The molecule has 1 fully saturated rings. The van der Waals surface area contributed by atoms with E-state index in [1.807, 2.05) is 30.3 Å². The van der Waals surface area contributed by atoms with Crippen molar-refractivity contribution in [3.8, 4) is 0 Å². The fourth-order valence-electron chi connectivity index (χ4n) is 4.25. The van der Waals surface area contributed by atoms with E-state index in [1.165, 1.54) is 11.8 Å². The summed E-state index contributed by atoms with van der Waals surface area (Å²) in [6.45, 7) is 1.70. The van der Waals surface area contributed by atoms with Crippen molar-refractivity contribution in [3.05, 3.63) is 95.0 Å². The highest BCUT2D eigenvalue weighted by Gasteiger charge is 2.44. The van der Waals surface area contributed by atoms with E-state index in [1.54, 1.807) is 48.5 Å². The number of benzene rings is 3. The normalized spacial score (nSPS) is 15.2. The molecule has 1 aliphatic rings. The lowest BCUT2D eigenvalue weighted by molar-refractivity contribution is -0.137. The summed E-state index contributed by atoms with van der Waals surface area (Å²) in [5, 5.41) is 3.23. The Balaban J connectivity index is 1.56. The zero-order valence-electron chi connectivity index (χ0n) is 19.8. The van der Waals surface area contributed by atoms with Gasteiger partial charge in [0.2, 0.25) is 17.7 Å². The number of carbonyl (C=O) groups is 4. The molecule has 4 rings (SSSR count). The van der Waals surface area contributed by atoms with E-state index in [9.17, 15) is 19.2 Å². The Labute approximate surface area is 214 Å².